The van der Waals surface area contributed by atoms with Crippen molar-refractivity contribution in [1.29, 1.82) is 0 Å². The molecule has 1 aromatic heterocycles. The number of aryl methyl sites for hydroxylation is 1. The van der Waals surface area contributed by atoms with E-state index in [0.29, 0.717) is 12.0 Å². The van der Waals surface area contributed by atoms with Gasteiger partial charge in [0.05, 0.1) is 0 Å². The molecule has 2 atom stereocenters. The molecule has 0 aliphatic rings. The van der Waals surface area contributed by atoms with E-state index >= 15 is 0 Å². The topological polar surface area (TPSA) is 37.8 Å². The minimum absolute atomic E-state index is 0.545. The van der Waals surface area contributed by atoms with Gasteiger partial charge in [-0.3, -0.25) is 0 Å². The summed E-state index contributed by atoms with van der Waals surface area (Å²) in [4.78, 5) is 8.74. The second-order valence-electron chi connectivity index (χ2n) is 4.74. The first-order chi connectivity index (χ1) is 8.67. The Balaban J connectivity index is 2.50. The maximum Gasteiger partial charge on any atom is 0.187 e. The van der Waals surface area contributed by atoms with E-state index in [1.165, 1.54) is 12.8 Å². The molecule has 0 radical (unpaired) electrons. The summed E-state index contributed by atoms with van der Waals surface area (Å²) in [6.07, 6.45) is 4.22. The SMILES string of the molecule is CCCNC(CSc1nccc(C)n1)C(C)CC. The lowest BCUT2D eigenvalue weighted by Gasteiger charge is -2.23. The van der Waals surface area contributed by atoms with Crippen LogP contribution in [-0.2, 0) is 0 Å². The van der Waals surface area contributed by atoms with Crippen LogP contribution in [0, 0.1) is 12.8 Å². The molecule has 3 nitrogen and oxygen atoms in total. The molecule has 0 aliphatic carbocycles. The largest absolute Gasteiger partial charge is 0.313 e. The molecule has 18 heavy (non-hydrogen) atoms. The Morgan fingerprint density at radius 1 is 1.39 bits per heavy atom. The van der Waals surface area contributed by atoms with Crippen molar-refractivity contribution in [3.05, 3.63) is 18.0 Å². The van der Waals surface area contributed by atoms with Gasteiger partial charge in [0.1, 0.15) is 0 Å². The van der Waals surface area contributed by atoms with E-state index in [9.17, 15) is 0 Å². The van der Waals surface area contributed by atoms with Crippen molar-refractivity contribution in [2.45, 2.75) is 51.7 Å². The lowest BCUT2D eigenvalue weighted by Crippen LogP contribution is -2.37. The number of rotatable bonds is 8. The molecule has 0 saturated heterocycles. The second-order valence-corrected chi connectivity index (χ2v) is 5.72. The highest BCUT2D eigenvalue weighted by Crippen LogP contribution is 2.18. The molecule has 2 unspecified atom stereocenters. The van der Waals surface area contributed by atoms with Gasteiger partial charge in [0, 0.05) is 23.7 Å². The fourth-order valence-corrected chi connectivity index (χ4v) is 2.82. The number of nitrogens with zero attached hydrogens (tertiary/aromatic N) is 2. The first-order valence-electron chi connectivity index (χ1n) is 6.83. The van der Waals surface area contributed by atoms with E-state index in [0.717, 1.165) is 23.1 Å². The van der Waals surface area contributed by atoms with Crippen molar-refractivity contribution in [2.24, 2.45) is 5.92 Å². The van der Waals surface area contributed by atoms with Gasteiger partial charge in [-0.05, 0) is 31.9 Å². The van der Waals surface area contributed by atoms with Gasteiger partial charge in [0.15, 0.2) is 5.16 Å². The van der Waals surface area contributed by atoms with Crippen LogP contribution in [0.2, 0.25) is 0 Å². The van der Waals surface area contributed by atoms with Crippen LogP contribution >= 0.6 is 11.8 Å². The molecule has 4 heteroatoms. The molecular weight excluding hydrogens is 242 g/mol. The first kappa shape index (κ1) is 15.4. The lowest BCUT2D eigenvalue weighted by atomic mass is 10.0. The zero-order valence-corrected chi connectivity index (χ0v) is 12.8. The van der Waals surface area contributed by atoms with E-state index in [1.807, 2.05) is 19.2 Å². The number of aromatic nitrogens is 2. The molecule has 1 N–H and O–H groups in total. The van der Waals surface area contributed by atoms with Gasteiger partial charge in [-0.15, -0.1) is 0 Å². The Morgan fingerprint density at radius 3 is 2.78 bits per heavy atom. The highest BCUT2D eigenvalue weighted by molar-refractivity contribution is 7.99. The molecule has 0 aromatic carbocycles. The molecular formula is C14H25N3S. The standard InChI is InChI=1S/C14H25N3S/c1-5-8-15-13(11(3)6-2)10-18-14-16-9-7-12(4)17-14/h7,9,11,13,15H,5-6,8,10H2,1-4H3. The molecule has 0 spiro atoms. The van der Waals surface area contributed by atoms with E-state index in [4.69, 9.17) is 0 Å². The van der Waals surface area contributed by atoms with Gasteiger partial charge < -0.3 is 5.32 Å². The Labute approximate surface area is 115 Å². The summed E-state index contributed by atoms with van der Waals surface area (Å²) in [5.41, 5.74) is 1.04. The molecule has 0 fully saturated rings. The zero-order valence-electron chi connectivity index (χ0n) is 11.9. The lowest BCUT2D eigenvalue weighted by molar-refractivity contribution is 0.396. The van der Waals surface area contributed by atoms with Crippen LogP contribution in [0.1, 0.15) is 39.3 Å². The van der Waals surface area contributed by atoms with Crippen LogP contribution in [0.3, 0.4) is 0 Å². The van der Waals surface area contributed by atoms with E-state index in [1.54, 1.807) is 11.8 Å². The van der Waals surface area contributed by atoms with Crippen molar-refractivity contribution in [3.63, 3.8) is 0 Å². The first-order valence-corrected chi connectivity index (χ1v) is 7.81. The third kappa shape index (κ3) is 5.36. The fraction of sp³-hybridized carbons (Fsp3) is 0.714. The van der Waals surface area contributed by atoms with Gasteiger partial charge in [-0.2, -0.15) is 0 Å². The second kappa shape index (κ2) is 8.48. The molecule has 0 saturated carbocycles. The molecule has 0 aliphatic heterocycles. The average molecular weight is 267 g/mol. The summed E-state index contributed by atoms with van der Waals surface area (Å²) in [5, 5.41) is 4.52. The Hall–Kier alpha value is -0.610. The van der Waals surface area contributed by atoms with Gasteiger partial charge >= 0.3 is 0 Å². The summed E-state index contributed by atoms with van der Waals surface area (Å²) in [5.74, 6) is 1.73. The quantitative estimate of drug-likeness (QED) is 0.579. The average Bonchev–Trinajstić information content (AvgIpc) is 2.38. The monoisotopic (exact) mass is 267 g/mol. The summed E-state index contributed by atoms with van der Waals surface area (Å²) < 4.78 is 0. The van der Waals surface area contributed by atoms with Crippen LogP contribution < -0.4 is 5.32 Å². The minimum atomic E-state index is 0.545. The van der Waals surface area contributed by atoms with Crippen LogP contribution in [-0.4, -0.2) is 28.3 Å². The van der Waals surface area contributed by atoms with Crippen LogP contribution in [0.5, 0.6) is 0 Å². The highest BCUT2D eigenvalue weighted by atomic mass is 32.2. The third-order valence-corrected chi connectivity index (χ3v) is 4.13. The molecule has 0 bridgehead atoms. The van der Waals surface area contributed by atoms with Crippen LogP contribution in [0.15, 0.2) is 17.4 Å². The number of hydrogen-bond donors (Lipinski definition) is 1. The predicted molar refractivity (Wildman–Crippen MR) is 79.0 cm³/mol. The Kier molecular flexibility index (Phi) is 7.28. The molecule has 1 rings (SSSR count). The molecule has 1 heterocycles. The van der Waals surface area contributed by atoms with E-state index in [2.05, 4.69) is 36.1 Å². The van der Waals surface area contributed by atoms with Gasteiger partial charge in [-0.1, -0.05) is 39.0 Å². The smallest absolute Gasteiger partial charge is 0.187 e. The fourth-order valence-electron chi connectivity index (χ4n) is 1.70. The number of hydrogen-bond acceptors (Lipinski definition) is 4. The minimum Gasteiger partial charge on any atom is -0.313 e. The van der Waals surface area contributed by atoms with Crippen molar-refractivity contribution >= 4 is 11.8 Å². The Bertz CT molecular complexity index is 344. The van der Waals surface area contributed by atoms with Crippen molar-refractivity contribution in [3.8, 4) is 0 Å². The normalized spacial score (nSPS) is 14.4. The maximum absolute atomic E-state index is 4.43. The van der Waals surface area contributed by atoms with Crippen LogP contribution in [0.25, 0.3) is 0 Å². The molecule has 0 amide bonds. The predicted octanol–water partition coefficient (Wildman–Crippen LogP) is 3.29. The van der Waals surface area contributed by atoms with E-state index in [-0.39, 0.29) is 0 Å². The Morgan fingerprint density at radius 2 is 2.17 bits per heavy atom. The summed E-state index contributed by atoms with van der Waals surface area (Å²) >= 11 is 1.75. The van der Waals surface area contributed by atoms with Gasteiger partial charge in [0.2, 0.25) is 0 Å². The summed E-state index contributed by atoms with van der Waals surface area (Å²) in [6.45, 7) is 9.86. The van der Waals surface area contributed by atoms with Crippen LogP contribution in [0.4, 0.5) is 0 Å². The summed E-state index contributed by atoms with van der Waals surface area (Å²) in [6, 6.07) is 2.48. The van der Waals surface area contributed by atoms with Crippen molar-refractivity contribution in [2.75, 3.05) is 12.3 Å². The van der Waals surface area contributed by atoms with Crippen molar-refractivity contribution < 1.29 is 0 Å². The highest BCUT2D eigenvalue weighted by Gasteiger charge is 2.15. The van der Waals surface area contributed by atoms with E-state index < -0.39 is 0 Å². The number of thioether (sulfide) groups is 1. The van der Waals surface area contributed by atoms with Gasteiger partial charge in [0.25, 0.3) is 0 Å². The molecule has 1 aromatic rings. The molecule has 102 valence electrons. The summed E-state index contributed by atoms with van der Waals surface area (Å²) in [7, 11) is 0. The third-order valence-electron chi connectivity index (χ3n) is 3.15. The van der Waals surface area contributed by atoms with Gasteiger partial charge in [-0.25, -0.2) is 9.97 Å². The van der Waals surface area contributed by atoms with Crippen molar-refractivity contribution in [1.82, 2.24) is 15.3 Å². The maximum atomic E-state index is 4.43. The number of nitrogens with one attached hydrogen (secondary N) is 1. The zero-order chi connectivity index (χ0) is 13.4.